The molecule has 0 radical (unpaired) electrons. The fourth-order valence-corrected chi connectivity index (χ4v) is 2.77. The molecule has 0 unspecified atom stereocenters. The maximum atomic E-state index is 12.4. The maximum absolute atomic E-state index is 12.4. The first-order chi connectivity index (χ1) is 13.5. The van der Waals surface area contributed by atoms with Gasteiger partial charge in [-0.25, -0.2) is 4.79 Å². The minimum atomic E-state index is -0.710. The number of methoxy groups -OCH3 is 1. The van der Waals surface area contributed by atoms with Crippen molar-refractivity contribution in [2.75, 3.05) is 12.4 Å². The lowest BCUT2D eigenvalue weighted by Crippen LogP contribution is -2.12. The minimum absolute atomic E-state index is 0.0377. The SMILES string of the molecule is COC(=O)c1cccc(NC(=O)c2ccc(COc3cccc(Br)c3)o2)c1O. The van der Waals surface area contributed by atoms with Crippen LogP contribution in [0.3, 0.4) is 0 Å². The normalized spacial score (nSPS) is 10.4. The highest BCUT2D eigenvalue weighted by Gasteiger charge is 2.18. The van der Waals surface area contributed by atoms with Crippen molar-refractivity contribution in [3.63, 3.8) is 0 Å². The Bertz CT molecular complexity index is 1010. The van der Waals surface area contributed by atoms with Gasteiger partial charge in [0, 0.05) is 4.47 Å². The van der Waals surface area contributed by atoms with Gasteiger partial charge in [-0.05, 0) is 42.5 Å². The highest BCUT2D eigenvalue weighted by molar-refractivity contribution is 9.10. The molecule has 0 spiro atoms. The molecule has 2 aromatic carbocycles. The summed E-state index contributed by atoms with van der Waals surface area (Å²) in [5, 5.41) is 12.7. The summed E-state index contributed by atoms with van der Waals surface area (Å²) in [5.74, 6) is -0.522. The number of hydrogen-bond donors (Lipinski definition) is 2. The van der Waals surface area contributed by atoms with Gasteiger partial charge in [-0.1, -0.05) is 28.1 Å². The number of halogens is 1. The van der Waals surface area contributed by atoms with E-state index in [1.54, 1.807) is 12.1 Å². The van der Waals surface area contributed by atoms with E-state index in [1.807, 2.05) is 18.2 Å². The highest BCUT2D eigenvalue weighted by atomic mass is 79.9. The summed E-state index contributed by atoms with van der Waals surface area (Å²) < 4.78 is 16.6. The van der Waals surface area contributed by atoms with E-state index in [0.29, 0.717) is 11.5 Å². The van der Waals surface area contributed by atoms with Crippen LogP contribution in [0.1, 0.15) is 26.7 Å². The zero-order chi connectivity index (χ0) is 20.1. The standard InChI is InChI=1S/C20H16BrNO6/c1-26-20(25)15-6-3-7-16(18(15)23)22-19(24)17-9-8-14(28-17)11-27-13-5-2-4-12(21)10-13/h2-10,23H,11H2,1H3,(H,22,24). The topological polar surface area (TPSA) is 98.0 Å². The number of carbonyl (C=O) groups excluding carboxylic acids is 2. The number of carbonyl (C=O) groups is 2. The van der Waals surface area contributed by atoms with E-state index in [-0.39, 0.29) is 29.4 Å². The Balaban J connectivity index is 1.67. The van der Waals surface area contributed by atoms with E-state index in [4.69, 9.17) is 9.15 Å². The molecule has 0 fully saturated rings. The van der Waals surface area contributed by atoms with Crippen LogP contribution in [0.2, 0.25) is 0 Å². The van der Waals surface area contributed by atoms with E-state index in [0.717, 1.165) is 4.47 Å². The summed E-state index contributed by atoms with van der Waals surface area (Å²) in [6.45, 7) is 0.146. The van der Waals surface area contributed by atoms with Crippen LogP contribution >= 0.6 is 15.9 Å². The number of amides is 1. The molecule has 0 bridgehead atoms. The van der Waals surface area contributed by atoms with Crippen LogP contribution in [-0.4, -0.2) is 24.1 Å². The van der Waals surface area contributed by atoms with Crippen LogP contribution in [0.5, 0.6) is 11.5 Å². The molecule has 0 saturated carbocycles. The number of aromatic hydroxyl groups is 1. The number of nitrogens with one attached hydrogen (secondary N) is 1. The predicted molar refractivity (Wildman–Crippen MR) is 105 cm³/mol. The summed E-state index contributed by atoms with van der Waals surface area (Å²) in [6, 6.07) is 14.8. The Labute approximate surface area is 169 Å². The summed E-state index contributed by atoms with van der Waals surface area (Å²) in [7, 11) is 1.20. The van der Waals surface area contributed by atoms with Gasteiger partial charge in [0.25, 0.3) is 5.91 Å². The lowest BCUT2D eigenvalue weighted by Gasteiger charge is -2.09. The smallest absolute Gasteiger partial charge is 0.341 e. The number of phenols is 1. The van der Waals surface area contributed by atoms with Crippen molar-refractivity contribution in [2.45, 2.75) is 6.61 Å². The zero-order valence-corrected chi connectivity index (χ0v) is 16.4. The summed E-state index contributed by atoms with van der Waals surface area (Å²) in [5.41, 5.74) is 0.0130. The highest BCUT2D eigenvalue weighted by Crippen LogP contribution is 2.28. The molecule has 8 heteroatoms. The van der Waals surface area contributed by atoms with Crippen molar-refractivity contribution in [3.8, 4) is 11.5 Å². The molecule has 0 aliphatic carbocycles. The van der Waals surface area contributed by atoms with Crippen LogP contribution in [0.15, 0.2) is 63.5 Å². The fraction of sp³-hybridized carbons (Fsp3) is 0.100. The molecule has 0 atom stereocenters. The third-order valence-electron chi connectivity index (χ3n) is 3.75. The second-order valence-electron chi connectivity index (χ2n) is 5.66. The third kappa shape index (κ3) is 4.52. The number of esters is 1. The van der Waals surface area contributed by atoms with Crippen molar-refractivity contribution in [3.05, 3.63) is 76.2 Å². The van der Waals surface area contributed by atoms with Crippen molar-refractivity contribution >= 4 is 33.5 Å². The van der Waals surface area contributed by atoms with E-state index in [9.17, 15) is 14.7 Å². The molecule has 144 valence electrons. The van der Waals surface area contributed by atoms with Crippen LogP contribution in [-0.2, 0) is 11.3 Å². The molecule has 0 saturated heterocycles. The molecular formula is C20H16BrNO6. The minimum Gasteiger partial charge on any atom is -0.505 e. The Kier molecular flexibility index (Phi) is 6.00. The van der Waals surface area contributed by atoms with Gasteiger partial charge in [0.2, 0.25) is 0 Å². The van der Waals surface area contributed by atoms with Gasteiger partial charge >= 0.3 is 5.97 Å². The number of ether oxygens (including phenoxy) is 2. The van der Waals surface area contributed by atoms with Gasteiger partial charge < -0.3 is 24.3 Å². The van der Waals surface area contributed by atoms with E-state index >= 15 is 0 Å². The fourth-order valence-electron chi connectivity index (χ4n) is 2.39. The predicted octanol–water partition coefficient (Wildman–Crippen LogP) is 4.37. The Hall–Kier alpha value is -3.26. The molecular weight excluding hydrogens is 430 g/mol. The number of phenolic OH excluding ortho intramolecular Hbond substituents is 1. The number of anilines is 1. The number of rotatable bonds is 6. The number of furan rings is 1. The maximum Gasteiger partial charge on any atom is 0.341 e. The lowest BCUT2D eigenvalue weighted by atomic mass is 10.1. The molecule has 0 aliphatic rings. The van der Waals surface area contributed by atoms with Crippen molar-refractivity contribution in [1.29, 1.82) is 0 Å². The van der Waals surface area contributed by atoms with Gasteiger partial charge in [-0.15, -0.1) is 0 Å². The largest absolute Gasteiger partial charge is 0.505 e. The first-order valence-electron chi connectivity index (χ1n) is 8.16. The third-order valence-corrected chi connectivity index (χ3v) is 4.25. The molecule has 2 N–H and O–H groups in total. The molecule has 28 heavy (non-hydrogen) atoms. The molecule has 1 aromatic heterocycles. The molecule has 7 nitrogen and oxygen atoms in total. The van der Waals surface area contributed by atoms with Crippen LogP contribution in [0, 0.1) is 0 Å². The van der Waals surface area contributed by atoms with Crippen LogP contribution < -0.4 is 10.1 Å². The quantitative estimate of drug-likeness (QED) is 0.431. The van der Waals surface area contributed by atoms with E-state index < -0.39 is 11.9 Å². The Morgan fingerprint density at radius 2 is 1.93 bits per heavy atom. The van der Waals surface area contributed by atoms with Gasteiger partial charge in [0.15, 0.2) is 11.5 Å². The van der Waals surface area contributed by atoms with E-state index in [2.05, 4.69) is 26.0 Å². The lowest BCUT2D eigenvalue weighted by molar-refractivity contribution is 0.0597. The first-order valence-corrected chi connectivity index (χ1v) is 8.96. The van der Waals surface area contributed by atoms with Gasteiger partial charge in [0.05, 0.1) is 12.8 Å². The molecule has 3 rings (SSSR count). The van der Waals surface area contributed by atoms with Crippen molar-refractivity contribution in [1.82, 2.24) is 0 Å². The van der Waals surface area contributed by atoms with Crippen LogP contribution in [0.25, 0.3) is 0 Å². The van der Waals surface area contributed by atoms with Gasteiger partial charge in [-0.2, -0.15) is 0 Å². The second kappa shape index (κ2) is 8.62. The average molecular weight is 446 g/mol. The number of benzene rings is 2. The van der Waals surface area contributed by atoms with Gasteiger partial charge in [0.1, 0.15) is 23.7 Å². The summed E-state index contributed by atoms with van der Waals surface area (Å²) in [6.07, 6.45) is 0. The molecule has 3 aromatic rings. The summed E-state index contributed by atoms with van der Waals surface area (Å²) >= 11 is 3.36. The Morgan fingerprint density at radius 1 is 1.14 bits per heavy atom. The monoisotopic (exact) mass is 445 g/mol. The Morgan fingerprint density at radius 3 is 2.68 bits per heavy atom. The second-order valence-corrected chi connectivity index (χ2v) is 6.58. The van der Waals surface area contributed by atoms with Crippen LogP contribution in [0.4, 0.5) is 5.69 Å². The number of para-hydroxylation sites is 1. The summed E-state index contributed by atoms with van der Waals surface area (Å²) in [4.78, 5) is 24.0. The van der Waals surface area contributed by atoms with Crippen molar-refractivity contribution < 1.29 is 28.6 Å². The van der Waals surface area contributed by atoms with E-state index in [1.165, 1.54) is 31.4 Å². The molecule has 1 amide bonds. The number of hydrogen-bond acceptors (Lipinski definition) is 6. The first kappa shape index (κ1) is 19.5. The molecule has 1 heterocycles. The molecule has 0 aliphatic heterocycles. The van der Waals surface area contributed by atoms with Gasteiger partial charge in [-0.3, -0.25) is 4.79 Å². The van der Waals surface area contributed by atoms with Crippen molar-refractivity contribution in [2.24, 2.45) is 0 Å². The average Bonchev–Trinajstić information content (AvgIpc) is 3.17. The zero-order valence-electron chi connectivity index (χ0n) is 14.8.